The predicted octanol–water partition coefficient (Wildman–Crippen LogP) is 2.52. The molecule has 0 fully saturated rings. The summed E-state index contributed by atoms with van der Waals surface area (Å²) in [7, 11) is 1.67. The third-order valence-corrected chi connectivity index (χ3v) is 3.67. The van der Waals surface area contributed by atoms with Crippen LogP contribution in [0.25, 0.3) is 11.0 Å². The van der Waals surface area contributed by atoms with E-state index >= 15 is 0 Å². The Morgan fingerprint density at radius 2 is 2.00 bits per heavy atom. The van der Waals surface area contributed by atoms with Crippen LogP contribution in [0.2, 0.25) is 0 Å². The van der Waals surface area contributed by atoms with Crippen LogP contribution in [-0.2, 0) is 11.2 Å². The van der Waals surface area contributed by atoms with Crippen LogP contribution in [0.4, 0.5) is 0 Å². The number of ether oxygens (including phenoxy) is 2. The Hall–Kier alpha value is -1.81. The molecule has 0 unspecified atom stereocenters. The zero-order chi connectivity index (χ0) is 13.6. The fraction of sp³-hybridized carbons (Fsp3) is 0.400. The van der Waals surface area contributed by atoms with Crippen molar-refractivity contribution >= 4 is 11.0 Å². The maximum absolute atomic E-state index is 11.4. The summed E-state index contributed by atoms with van der Waals surface area (Å²) in [5.41, 5.74) is 0.758. The van der Waals surface area contributed by atoms with Crippen molar-refractivity contribution in [3.05, 3.63) is 40.2 Å². The third kappa shape index (κ3) is 1.92. The molecule has 1 atom stereocenters. The summed E-state index contributed by atoms with van der Waals surface area (Å²) in [5.74, 6) is 0.764. The Morgan fingerprint density at radius 1 is 1.26 bits per heavy atom. The van der Waals surface area contributed by atoms with Gasteiger partial charge in [-0.3, -0.25) is 0 Å². The van der Waals surface area contributed by atoms with Gasteiger partial charge in [0.2, 0.25) is 0 Å². The van der Waals surface area contributed by atoms with Crippen LogP contribution >= 0.6 is 0 Å². The van der Waals surface area contributed by atoms with E-state index < -0.39 is 5.60 Å². The molecule has 0 saturated carbocycles. The average Bonchev–Trinajstić information content (AvgIpc) is 2.36. The fourth-order valence-corrected chi connectivity index (χ4v) is 2.61. The van der Waals surface area contributed by atoms with E-state index in [0.717, 1.165) is 16.7 Å². The van der Waals surface area contributed by atoms with Gasteiger partial charge in [0.15, 0.2) is 0 Å². The predicted molar refractivity (Wildman–Crippen MR) is 71.7 cm³/mol. The highest BCUT2D eigenvalue weighted by Gasteiger charge is 2.38. The van der Waals surface area contributed by atoms with Crippen molar-refractivity contribution in [3.63, 3.8) is 0 Å². The van der Waals surface area contributed by atoms with E-state index in [0.29, 0.717) is 12.0 Å². The average molecular weight is 260 g/mol. The second kappa shape index (κ2) is 4.10. The molecule has 3 rings (SSSR count). The lowest BCUT2D eigenvalue weighted by Gasteiger charge is -2.39. The SMILES string of the molecule is CO[C@H]1Cc2c(ccc3ccc(=O)oc23)OC1(C)C. The minimum atomic E-state index is -0.398. The van der Waals surface area contributed by atoms with Gasteiger partial charge in [0, 0.05) is 30.5 Å². The Labute approximate surface area is 110 Å². The van der Waals surface area contributed by atoms with Crippen molar-refractivity contribution in [3.8, 4) is 5.75 Å². The van der Waals surface area contributed by atoms with Gasteiger partial charge < -0.3 is 13.9 Å². The lowest BCUT2D eigenvalue weighted by molar-refractivity contribution is -0.0640. The normalized spacial score (nSPS) is 20.9. The minimum absolute atomic E-state index is 0.0730. The molecule has 0 amide bonds. The Bertz CT molecular complexity index is 684. The summed E-state index contributed by atoms with van der Waals surface area (Å²) in [5, 5.41) is 0.900. The van der Waals surface area contributed by atoms with Crippen LogP contribution in [0, 0.1) is 0 Å². The van der Waals surface area contributed by atoms with Gasteiger partial charge in [-0.05, 0) is 32.0 Å². The molecule has 2 aromatic rings. The molecule has 0 saturated heterocycles. The van der Waals surface area contributed by atoms with Crippen molar-refractivity contribution in [2.75, 3.05) is 7.11 Å². The van der Waals surface area contributed by atoms with Crippen molar-refractivity contribution in [2.45, 2.75) is 32.0 Å². The van der Waals surface area contributed by atoms with E-state index in [4.69, 9.17) is 13.9 Å². The first kappa shape index (κ1) is 12.2. The maximum atomic E-state index is 11.4. The first-order valence-electron chi connectivity index (χ1n) is 6.29. The summed E-state index contributed by atoms with van der Waals surface area (Å²) < 4.78 is 16.8. The van der Waals surface area contributed by atoms with Crippen molar-refractivity contribution < 1.29 is 13.9 Å². The van der Waals surface area contributed by atoms with Gasteiger partial charge in [-0.1, -0.05) is 0 Å². The molecule has 1 aliphatic heterocycles. The van der Waals surface area contributed by atoms with Crippen LogP contribution in [0.3, 0.4) is 0 Å². The molecule has 4 heteroatoms. The van der Waals surface area contributed by atoms with E-state index in [1.165, 1.54) is 6.07 Å². The highest BCUT2D eigenvalue weighted by atomic mass is 16.5. The van der Waals surface area contributed by atoms with E-state index in [9.17, 15) is 4.79 Å². The second-order valence-corrected chi connectivity index (χ2v) is 5.35. The van der Waals surface area contributed by atoms with Gasteiger partial charge >= 0.3 is 5.63 Å². The summed E-state index contributed by atoms with van der Waals surface area (Å²) >= 11 is 0. The zero-order valence-corrected chi connectivity index (χ0v) is 11.2. The van der Waals surface area contributed by atoms with Crippen molar-refractivity contribution in [1.82, 2.24) is 0 Å². The minimum Gasteiger partial charge on any atom is -0.485 e. The van der Waals surface area contributed by atoms with E-state index in [-0.39, 0.29) is 11.7 Å². The lowest BCUT2D eigenvalue weighted by Crippen LogP contribution is -2.47. The van der Waals surface area contributed by atoms with Gasteiger partial charge in [-0.15, -0.1) is 0 Å². The Balaban J connectivity index is 2.23. The molecule has 1 aromatic carbocycles. The highest BCUT2D eigenvalue weighted by Crippen LogP contribution is 2.38. The van der Waals surface area contributed by atoms with Gasteiger partial charge in [-0.25, -0.2) is 4.79 Å². The number of fused-ring (bicyclic) bond motifs is 3. The van der Waals surface area contributed by atoms with Gasteiger partial charge in [0.1, 0.15) is 23.0 Å². The third-order valence-electron chi connectivity index (χ3n) is 3.67. The molecule has 4 nitrogen and oxygen atoms in total. The maximum Gasteiger partial charge on any atom is 0.336 e. The molecule has 0 N–H and O–H groups in total. The Morgan fingerprint density at radius 3 is 2.74 bits per heavy atom. The molecule has 19 heavy (non-hydrogen) atoms. The van der Waals surface area contributed by atoms with Crippen molar-refractivity contribution in [2.24, 2.45) is 0 Å². The summed E-state index contributed by atoms with van der Waals surface area (Å²) in [6, 6.07) is 7.02. The van der Waals surface area contributed by atoms with E-state index in [2.05, 4.69) is 0 Å². The molecule has 1 aromatic heterocycles. The molecular weight excluding hydrogens is 244 g/mol. The molecule has 100 valence electrons. The Kier molecular flexibility index (Phi) is 2.64. The van der Waals surface area contributed by atoms with E-state index in [1.54, 1.807) is 13.2 Å². The standard InChI is InChI=1S/C15H16O4/c1-15(2)12(17-3)8-10-11(19-15)6-4-9-5-7-13(16)18-14(9)10/h4-7,12H,8H2,1-3H3/t12-/m0/s1. The van der Waals surface area contributed by atoms with Crippen LogP contribution in [0.1, 0.15) is 19.4 Å². The summed E-state index contributed by atoms with van der Waals surface area (Å²) in [6.45, 7) is 3.99. The molecule has 0 radical (unpaired) electrons. The number of rotatable bonds is 1. The van der Waals surface area contributed by atoms with Gasteiger partial charge in [0.25, 0.3) is 0 Å². The van der Waals surface area contributed by atoms with Gasteiger partial charge in [-0.2, -0.15) is 0 Å². The topological polar surface area (TPSA) is 48.7 Å². The van der Waals surface area contributed by atoms with Crippen LogP contribution in [-0.4, -0.2) is 18.8 Å². The molecular formula is C15H16O4. The first-order valence-corrected chi connectivity index (χ1v) is 6.29. The first-order chi connectivity index (χ1) is 9.01. The molecule has 1 aliphatic rings. The molecule has 0 bridgehead atoms. The van der Waals surface area contributed by atoms with Gasteiger partial charge in [0.05, 0.1) is 0 Å². The largest absolute Gasteiger partial charge is 0.485 e. The zero-order valence-electron chi connectivity index (χ0n) is 11.2. The lowest BCUT2D eigenvalue weighted by atomic mass is 9.90. The smallest absolute Gasteiger partial charge is 0.336 e. The summed E-state index contributed by atoms with van der Waals surface area (Å²) in [4.78, 5) is 11.4. The number of methoxy groups -OCH3 is 1. The second-order valence-electron chi connectivity index (χ2n) is 5.35. The van der Waals surface area contributed by atoms with E-state index in [1.807, 2.05) is 26.0 Å². The number of hydrogen-bond acceptors (Lipinski definition) is 4. The summed E-state index contributed by atoms with van der Waals surface area (Å²) in [6.07, 6.45) is 0.597. The quantitative estimate of drug-likeness (QED) is 0.739. The molecule has 0 spiro atoms. The van der Waals surface area contributed by atoms with Crippen molar-refractivity contribution in [1.29, 1.82) is 0 Å². The monoisotopic (exact) mass is 260 g/mol. The van der Waals surface area contributed by atoms with Crippen LogP contribution in [0.5, 0.6) is 5.75 Å². The number of hydrogen-bond donors (Lipinski definition) is 0. The number of benzene rings is 1. The molecule has 0 aliphatic carbocycles. The molecule has 2 heterocycles. The van der Waals surface area contributed by atoms with Crippen LogP contribution in [0.15, 0.2) is 33.5 Å². The fourth-order valence-electron chi connectivity index (χ4n) is 2.61. The van der Waals surface area contributed by atoms with Crippen LogP contribution < -0.4 is 10.4 Å². The highest BCUT2D eigenvalue weighted by molar-refractivity contribution is 5.82.